The predicted octanol–water partition coefficient (Wildman–Crippen LogP) is 4.98. The summed E-state index contributed by atoms with van der Waals surface area (Å²) >= 11 is 1.60. The van der Waals surface area contributed by atoms with Crippen molar-refractivity contribution >= 4 is 34.4 Å². The van der Waals surface area contributed by atoms with Crippen LogP contribution >= 0.6 is 11.8 Å². The minimum Gasteiger partial charge on any atom is -0.497 e. The number of aryl methyl sites for hydroxylation is 1. The third kappa shape index (κ3) is 4.98. The van der Waals surface area contributed by atoms with Crippen molar-refractivity contribution in [2.45, 2.75) is 10.9 Å². The number of carbonyl (C=O) groups is 1. The standard InChI is InChI=1S/C27H27FN4O2S/c1-30-25-17-20(5-12-24(25)29-27(30)35-18-19-3-6-21(28)7-4-19)26(33)32-15-13-31(14-16-32)22-8-10-23(34-2)11-9-22/h3-12,17H,13-16,18H2,1-2H3. The van der Waals surface area contributed by atoms with E-state index in [0.29, 0.717) is 24.4 Å². The molecule has 0 aliphatic carbocycles. The second-order valence-electron chi connectivity index (χ2n) is 8.55. The molecule has 1 amide bonds. The summed E-state index contributed by atoms with van der Waals surface area (Å²) in [6, 6.07) is 20.3. The Morgan fingerprint density at radius 2 is 1.71 bits per heavy atom. The van der Waals surface area contributed by atoms with E-state index < -0.39 is 0 Å². The summed E-state index contributed by atoms with van der Waals surface area (Å²) in [4.78, 5) is 22.2. The number of amides is 1. The molecule has 2 heterocycles. The van der Waals surface area contributed by atoms with Crippen molar-refractivity contribution in [2.24, 2.45) is 7.05 Å². The maximum Gasteiger partial charge on any atom is 0.254 e. The summed E-state index contributed by atoms with van der Waals surface area (Å²) in [7, 11) is 3.63. The Morgan fingerprint density at radius 1 is 1.00 bits per heavy atom. The van der Waals surface area contributed by atoms with E-state index in [1.807, 2.05) is 46.8 Å². The summed E-state index contributed by atoms with van der Waals surface area (Å²) in [6.07, 6.45) is 0. The number of benzene rings is 3. The number of rotatable bonds is 6. The molecule has 0 atom stereocenters. The maximum absolute atomic E-state index is 13.3. The molecule has 0 bridgehead atoms. The topological polar surface area (TPSA) is 50.6 Å². The molecule has 1 fully saturated rings. The molecule has 35 heavy (non-hydrogen) atoms. The van der Waals surface area contributed by atoms with Gasteiger partial charge in [0.05, 0.1) is 18.1 Å². The van der Waals surface area contributed by atoms with Gasteiger partial charge >= 0.3 is 0 Å². The number of nitrogens with zero attached hydrogens (tertiary/aromatic N) is 4. The summed E-state index contributed by atoms with van der Waals surface area (Å²) < 4.78 is 20.4. The Kier molecular flexibility index (Phi) is 6.63. The van der Waals surface area contributed by atoms with E-state index in [4.69, 9.17) is 9.72 Å². The van der Waals surface area contributed by atoms with E-state index in [9.17, 15) is 9.18 Å². The van der Waals surface area contributed by atoms with E-state index in [1.165, 1.54) is 12.1 Å². The zero-order valence-electron chi connectivity index (χ0n) is 19.8. The van der Waals surface area contributed by atoms with Crippen molar-refractivity contribution in [2.75, 3.05) is 38.2 Å². The van der Waals surface area contributed by atoms with Crippen LogP contribution in [0.2, 0.25) is 0 Å². The lowest BCUT2D eigenvalue weighted by Gasteiger charge is -2.36. The molecule has 1 saturated heterocycles. The van der Waals surface area contributed by atoms with Crippen molar-refractivity contribution in [3.63, 3.8) is 0 Å². The Bertz CT molecular complexity index is 1330. The van der Waals surface area contributed by atoms with Crippen LogP contribution in [0, 0.1) is 5.82 Å². The van der Waals surface area contributed by atoms with Gasteiger partial charge in [0.2, 0.25) is 0 Å². The van der Waals surface area contributed by atoms with Crippen LogP contribution in [0.25, 0.3) is 11.0 Å². The molecule has 3 aromatic carbocycles. The second kappa shape index (κ2) is 10.00. The highest BCUT2D eigenvalue weighted by atomic mass is 32.2. The molecule has 180 valence electrons. The summed E-state index contributed by atoms with van der Waals surface area (Å²) in [5.74, 6) is 1.34. The molecule has 5 rings (SSSR count). The molecule has 0 unspecified atom stereocenters. The van der Waals surface area contributed by atoms with Crippen LogP contribution < -0.4 is 9.64 Å². The first kappa shape index (κ1) is 23.2. The van der Waals surface area contributed by atoms with Gasteiger partial charge in [-0.05, 0) is 60.2 Å². The Balaban J connectivity index is 1.25. The molecule has 0 saturated carbocycles. The highest BCUT2D eigenvalue weighted by Crippen LogP contribution is 2.27. The Labute approximate surface area is 208 Å². The Hall–Kier alpha value is -3.52. The number of thioether (sulfide) groups is 1. The number of methoxy groups -OCH3 is 1. The quantitative estimate of drug-likeness (QED) is 0.357. The van der Waals surface area contributed by atoms with Gasteiger partial charge < -0.3 is 19.1 Å². The van der Waals surface area contributed by atoms with Gasteiger partial charge in [0, 0.05) is 50.2 Å². The van der Waals surface area contributed by atoms with Crippen LogP contribution in [0.5, 0.6) is 5.75 Å². The SMILES string of the molecule is COc1ccc(N2CCN(C(=O)c3ccc4nc(SCc5ccc(F)cc5)n(C)c4c3)CC2)cc1. The van der Waals surface area contributed by atoms with Crippen LogP contribution in [0.4, 0.5) is 10.1 Å². The number of ether oxygens (including phenoxy) is 1. The van der Waals surface area contributed by atoms with Gasteiger partial charge in [-0.15, -0.1) is 0 Å². The molecule has 1 aromatic heterocycles. The first-order chi connectivity index (χ1) is 17.0. The maximum atomic E-state index is 13.3. The number of fused-ring (bicyclic) bond motifs is 1. The molecule has 8 heteroatoms. The lowest BCUT2D eigenvalue weighted by atomic mass is 10.1. The van der Waals surface area contributed by atoms with Gasteiger partial charge in [0.15, 0.2) is 5.16 Å². The normalized spacial score (nSPS) is 13.9. The number of imidazole rings is 1. The van der Waals surface area contributed by atoms with E-state index in [-0.39, 0.29) is 11.7 Å². The van der Waals surface area contributed by atoms with Crippen LogP contribution in [0.1, 0.15) is 15.9 Å². The molecule has 0 radical (unpaired) electrons. The largest absolute Gasteiger partial charge is 0.497 e. The number of hydrogen-bond donors (Lipinski definition) is 0. The van der Waals surface area contributed by atoms with Crippen LogP contribution in [0.3, 0.4) is 0 Å². The van der Waals surface area contributed by atoms with Gasteiger partial charge in [0.25, 0.3) is 5.91 Å². The van der Waals surface area contributed by atoms with Crippen molar-refractivity contribution in [3.05, 3.63) is 83.7 Å². The fourth-order valence-corrected chi connectivity index (χ4v) is 5.24. The van der Waals surface area contributed by atoms with E-state index in [1.54, 1.807) is 31.0 Å². The van der Waals surface area contributed by atoms with Gasteiger partial charge in [0.1, 0.15) is 11.6 Å². The molecule has 0 N–H and O–H groups in total. The molecule has 1 aliphatic rings. The lowest BCUT2D eigenvalue weighted by molar-refractivity contribution is 0.0747. The molecule has 1 aliphatic heterocycles. The lowest BCUT2D eigenvalue weighted by Crippen LogP contribution is -2.48. The van der Waals surface area contributed by atoms with Crippen molar-refractivity contribution < 1.29 is 13.9 Å². The predicted molar refractivity (Wildman–Crippen MR) is 138 cm³/mol. The smallest absolute Gasteiger partial charge is 0.254 e. The first-order valence-electron chi connectivity index (χ1n) is 11.5. The summed E-state index contributed by atoms with van der Waals surface area (Å²) in [5.41, 5.74) is 4.63. The van der Waals surface area contributed by atoms with Gasteiger partial charge in [-0.25, -0.2) is 9.37 Å². The monoisotopic (exact) mass is 490 g/mol. The molecular formula is C27H27FN4O2S. The highest BCUT2D eigenvalue weighted by molar-refractivity contribution is 7.98. The second-order valence-corrected chi connectivity index (χ2v) is 9.49. The minimum absolute atomic E-state index is 0.0444. The van der Waals surface area contributed by atoms with Crippen molar-refractivity contribution in [3.8, 4) is 5.75 Å². The molecule has 4 aromatic rings. The van der Waals surface area contributed by atoms with Crippen LogP contribution in [-0.2, 0) is 12.8 Å². The number of halogens is 1. The number of piperazine rings is 1. The molecule has 6 nitrogen and oxygen atoms in total. The number of hydrogen-bond acceptors (Lipinski definition) is 5. The van der Waals surface area contributed by atoms with E-state index in [2.05, 4.69) is 17.0 Å². The summed E-state index contributed by atoms with van der Waals surface area (Å²) in [6.45, 7) is 2.92. The van der Waals surface area contributed by atoms with E-state index in [0.717, 1.165) is 46.3 Å². The third-order valence-corrected chi connectivity index (χ3v) is 7.47. The van der Waals surface area contributed by atoms with Gasteiger partial charge in [-0.2, -0.15) is 0 Å². The van der Waals surface area contributed by atoms with Gasteiger partial charge in [-0.3, -0.25) is 4.79 Å². The average Bonchev–Trinajstić information content (AvgIpc) is 3.22. The molecular weight excluding hydrogens is 463 g/mol. The summed E-state index contributed by atoms with van der Waals surface area (Å²) in [5, 5.41) is 0.863. The van der Waals surface area contributed by atoms with Gasteiger partial charge in [-0.1, -0.05) is 23.9 Å². The number of anilines is 1. The Morgan fingerprint density at radius 3 is 2.40 bits per heavy atom. The fraction of sp³-hybridized carbons (Fsp3) is 0.259. The van der Waals surface area contributed by atoms with Crippen molar-refractivity contribution in [1.29, 1.82) is 0 Å². The number of aromatic nitrogens is 2. The molecule has 0 spiro atoms. The van der Waals surface area contributed by atoms with Crippen LogP contribution in [0.15, 0.2) is 71.9 Å². The van der Waals surface area contributed by atoms with Crippen molar-refractivity contribution in [1.82, 2.24) is 14.5 Å². The zero-order valence-corrected chi connectivity index (χ0v) is 20.6. The zero-order chi connectivity index (χ0) is 24.4. The number of carbonyl (C=O) groups excluding carboxylic acids is 1. The average molecular weight is 491 g/mol. The van der Waals surface area contributed by atoms with E-state index >= 15 is 0 Å². The highest BCUT2D eigenvalue weighted by Gasteiger charge is 2.23. The minimum atomic E-state index is -0.235. The first-order valence-corrected chi connectivity index (χ1v) is 12.5. The third-order valence-electron chi connectivity index (χ3n) is 6.37. The van der Waals surface area contributed by atoms with Crippen LogP contribution in [-0.4, -0.2) is 53.6 Å². The fourth-order valence-electron chi connectivity index (χ4n) is 4.30.